The predicted octanol–water partition coefficient (Wildman–Crippen LogP) is 6.40. The number of allylic oxidation sites excluding steroid dienone is 8. The highest BCUT2D eigenvalue weighted by atomic mass is 14.4. The average molecular weight is 290 g/mol. The zero-order chi connectivity index (χ0) is 16.1. The van der Waals surface area contributed by atoms with Gasteiger partial charge in [0.1, 0.15) is 0 Å². The van der Waals surface area contributed by atoms with Gasteiger partial charge < -0.3 is 0 Å². The van der Waals surface area contributed by atoms with Crippen LogP contribution in [-0.2, 0) is 0 Å². The van der Waals surface area contributed by atoms with Crippen molar-refractivity contribution in [3.8, 4) is 0 Å². The zero-order valence-corrected chi connectivity index (χ0v) is 14.7. The van der Waals surface area contributed by atoms with Crippen LogP contribution in [0.2, 0.25) is 0 Å². The van der Waals surface area contributed by atoms with Crippen LogP contribution in [0, 0.1) is 12.3 Å². The molecule has 0 spiro atoms. The van der Waals surface area contributed by atoms with Crippen LogP contribution in [0.3, 0.4) is 0 Å². The van der Waals surface area contributed by atoms with Crippen molar-refractivity contribution in [3.05, 3.63) is 75.4 Å². The van der Waals surface area contributed by atoms with Gasteiger partial charge in [0.15, 0.2) is 0 Å². The van der Waals surface area contributed by atoms with Gasteiger partial charge in [0.05, 0.1) is 0 Å². The van der Waals surface area contributed by atoms with E-state index in [1.54, 1.807) is 0 Å². The summed E-state index contributed by atoms with van der Waals surface area (Å²) < 4.78 is 0. The van der Waals surface area contributed by atoms with E-state index in [-0.39, 0.29) is 5.41 Å². The molecule has 0 saturated carbocycles. The molecule has 0 N–H and O–H groups in total. The van der Waals surface area contributed by atoms with Crippen LogP contribution < -0.4 is 0 Å². The van der Waals surface area contributed by atoms with Crippen molar-refractivity contribution in [2.75, 3.05) is 0 Å². The summed E-state index contributed by atoms with van der Waals surface area (Å²) in [6.07, 6.45) is 5.84. The Morgan fingerprint density at radius 2 is 1.45 bits per heavy atom. The van der Waals surface area contributed by atoms with Crippen LogP contribution in [0.4, 0.5) is 0 Å². The maximum absolute atomic E-state index is 2.41. The van der Waals surface area contributed by atoms with Crippen LogP contribution in [0.25, 0.3) is 5.57 Å². The lowest BCUT2D eigenvalue weighted by Crippen LogP contribution is -2.15. The molecule has 1 aromatic carbocycles. The van der Waals surface area contributed by atoms with Crippen LogP contribution in [0.15, 0.2) is 64.3 Å². The molecule has 0 radical (unpaired) electrons. The molecule has 0 heterocycles. The van der Waals surface area contributed by atoms with Crippen molar-refractivity contribution in [2.24, 2.45) is 5.41 Å². The fraction of sp³-hybridized carbons (Fsp3) is 0.364. The molecule has 0 atom stereocenters. The SMILES string of the molecule is CC1=C(C)C(C)(C)C(C2=CCC=C2c2ccccc2C)=C1C. The first kappa shape index (κ1) is 15.1. The Morgan fingerprint density at radius 1 is 0.818 bits per heavy atom. The van der Waals surface area contributed by atoms with Crippen molar-refractivity contribution in [3.63, 3.8) is 0 Å². The Bertz CT molecular complexity index is 761. The van der Waals surface area contributed by atoms with Gasteiger partial charge in [0.25, 0.3) is 0 Å². The quantitative estimate of drug-likeness (QED) is 0.591. The lowest BCUT2D eigenvalue weighted by atomic mass is 9.75. The molecule has 2 aliphatic carbocycles. The van der Waals surface area contributed by atoms with E-state index in [1.807, 2.05) is 0 Å². The van der Waals surface area contributed by atoms with E-state index in [0.29, 0.717) is 0 Å². The summed E-state index contributed by atoms with van der Waals surface area (Å²) in [5, 5.41) is 0. The second-order valence-corrected chi connectivity index (χ2v) is 7.16. The van der Waals surface area contributed by atoms with Crippen molar-refractivity contribution >= 4 is 5.57 Å². The fourth-order valence-corrected chi connectivity index (χ4v) is 4.01. The Kier molecular flexibility index (Phi) is 3.51. The first-order valence-corrected chi connectivity index (χ1v) is 8.22. The van der Waals surface area contributed by atoms with Crippen molar-refractivity contribution in [1.82, 2.24) is 0 Å². The largest absolute Gasteiger partial charge is 0.0725 e. The molecule has 2 aliphatic rings. The van der Waals surface area contributed by atoms with Gasteiger partial charge in [0, 0.05) is 5.41 Å². The number of benzene rings is 1. The molecule has 0 bridgehead atoms. The van der Waals surface area contributed by atoms with Crippen LogP contribution in [0.5, 0.6) is 0 Å². The second-order valence-electron chi connectivity index (χ2n) is 7.16. The summed E-state index contributed by atoms with van der Waals surface area (Å²) in [7, 11) is 0. The molecular weight excluding hydrogens is 264 g/mol. The summed E-state index contributed by atoms with van der Waals surface area (Å²) in [5.74, 6) is 0. The number of aryl methyl sites for hydroxylation is 1. The molecule has 0 unspecified atom stereocenters. The first-order valence-electron chi connectivity index (χ1n) is 8.22. The number of rotatable bonds is 2. The Morgan fingerprint density at radius 3 is 2.05 bits per heavy atom. The van der Waals surface area contributed by atoms with E-state index >= 15 is 0 Å². The third kappa shape index (κ3) is 2.05. The summed E-state index contributed by atoms with van der Waals surface area (Å²) in [5.41, 5.74) is 11.7. The van der Waals surface area contributed by atoms with Gasteiger partial charge in [-0.05, 0) is 73.1 Å². The monoisotopic (exact) mass is 290 g/mol. The van der Waals surface area contributed by atoms with Crippen LogP contribution in [-0.4, -0.2) is 0 Å². The van der Waals surface area contributed by atoms with Gasteiger partial charge in [-0.1, -0.05) is 55.8 Å². The number of hydrogen-bond donors (Lipinski definition) is 0. The summed E-state index contributed by atoms with van der Waals surface area (Å²) in [6, 6.07) is 8.74. The molecule has 0 amide bonds. The second kappa shape index (κ2) is 5.12. The van der Waals surface area contributed by atoms with Gasteiger partial charge in [0.2, 0.25) is 0 Å². The maximum atomic E-state index is 2.41. The molecule has 114 valence electrons. The summed E-state index contributed by atoms with van der Waals surface area (Å²) >= 11 is 0. The average Bonchev–Trinajstić information content (AvgIpc) is 2.99. The van der Waals surface area contributed by atoms with Gasteiger partial charge in [-0.2, -0.15) is 0 Å². The van der Waals surface area contributed by atoms with E-state index in [4.69, 9.17) is 0 Å². The molecule has 0 fully saturated rings. The topological polar surface area (TPSA) is 0 Å². The van der Waals surface area contributed by atoms with E-state index in [9.17, 15) is 0 Å². The van der Waals surface area contributed by atoms with Gasteiger partial charge in [-0.15, -0.1) is 0 Å². The summed E-state index contributed by atoms with van der Waals surface area (Å²) in [4.78, 5) is 0. The van der Waals surface area contributed by atoms with Crippen molar-refractivity contribution in [2.45, 2.75) is 48.0 Å². The van der Waals surface area contributed by atoms with Gasteiger partial charge in [-0.3, -0.25) is 0 Å². The van der Waals surface area contributed by atoms with E-state index < -0.39 is 0 Å². The van der Waals surface area contributed by atoms with Crippen molar-refractivity contribution < 1.29 is 0 Å². The molecule has 1 aromatic rings. The lowest BCUT2D eigenvalue weighted by Gasteiger charge is -2.28. The van der Waals surface area contributed by atoms with E-state index in [1.165, 1.54) is 44.6 Å². The minimum absolute atomic E-state index is 0.131. The maximum Gasteiger partial charge on any atom is 0.0117 e. The zero-order valence-electron chi connectivity index (χ0n) is 14.7. The number of hydrogen-bond acceptors (Lipinski definition) is 0. The standard InChI is InChI=1S/C22H26/c1-14-10-7-8-11-18(14)19-12-9-13-20(19)21-16(3)15(2)17(4)22(21,5)6/h7-8,10-13H,9H2,1-6H3. The highest BCUT2D eigenvalue weighted by Crippen LogP contribution is 2.53. The van der Waals surface area contributed by atoms with Crippen molar-refractivity contribution in [1.29, 1.82) is 0 Å². The summed E-state index contributed by atoms with van der Waals surface area (Å²) in [6.45, 7) is 13.8. The minimum Gasteiger partial charge on any atom is -0.0725 e. The van der Waals surface area contributed by atoms with E-state index in [2.05, 4.69) is 78.0 Å². The molecular formula is C22H26. The minimum atomic E-state index is 0.131. The molecule has 0 nitrogen and oxygen atoms in total. The van der Waals surface area contributed by atoms with Crippen LogP contribution in [0.1, 0.15) is 52.2 Å². The smallest absolute Gasteiger partial charge is 0.0117 e. The highest BCUT2D eigenvalue weighted by Gasteiger charge is 2.37. The predicted molar refractivity (Wildman–Crippen MR) is 96.7 cm³/mol. The molecule has 0 saturated heterocycles. The normalized spacial score (nSPS) is 20.6. The first-order chi connectivity index (χ1) is 10.4. The van der Waals surface area contributed by atoms with Gasteiger partial charge in [-0.25, -0.2) is 0 Å². The van der Waals surface area contributed by atoms with Crippen LogP contribution >= 0.6 is 0 Å². The molecule has 0 aromatic heterocycles. The third-order valence-electron chi connectivity index (χ3n) is 5.70. The fourth-order valence-electron chi connectivity index (χ4n) is 4.01. The highest BCUT2D eigenvalue weighted by molar-refractivity contribution is 5.89. The molecule has 0 heteroatoms. The Hall–Kier alpha value is -1.82. The van der Waals surface area contributed by atoms with E-state index in [0.717, 1.165) is 6.42 Å². The Balaban J connectivity index is 2.12. The lowest BCUT2D eigenvalue weighted by molar-refractivity contribution is 0.557. The third-order valence-corrected chi connectivity index (χ3v) is 5.70. The molecule has 3 rings (SSSR count). The Labute approximate surface area is 135 Å². The molecule has 22 heavy (non-hydrogen) atoms. The van der Waals surface area contributed by atoms with Gasteiger partial charge >= 0.3 is 0 Å². The molecule has 0 aliphatic heterocycles.